The molecule has 1 atom stereocenters. The van der Waals surface area contributed by atoms with Crippen LogP contribution in [0.25, 0.3) is 17.2 Å². The van der Waals surface area contributed by atoms with Crippen LogP contribution < -0.4 is 9.64 Å². The number of piperidine rings is 3. The van der Waals surface area contributed by atoms with Crippen LogP contribution in [0, 0.1) is 5.92 Å². The van der Waals surface area contributed by atoms with Gasteiger partial charge in [0, 0.05) is 17.7 Å². The lowest BCUT2D eigenvalue weighted by Crippen LogP contribution is -2.59. The minimum Gasteiger partial charge on any atom is -0.493 e. The molecule has 3 heterocycles. The van der Waals surface area contributed by atoms with E-state index < -0.39 is 6.09 Å². The van der Waals surface area contributed by atoms with E-state index in [1.807, 2.05) is 60.7 Å². The second kappa shape index (κ2) is 11.4. The molecule has 1 N–H and O–H groups in total. The topological polar surface area (TPSA) is 70.1 Å². The highest BCUT2D eigenvalue weighted by Crippen LogP contribution is 2.38. The lowest BCUT2D eigenvalue weighted by Gasteiger charge is -2.48. The van der Waals surface area contributed by atoms with Crippen LogP contribution in [-0.2, 0) is 0 Å². The van der Waals surface area contributed by atoms with Crippen molar-refractivity contribution in [2.24, 2.45) is 5.92 Å². The van der Waals surface area contributed by atoms with E-state index in [1.54, 1.807) is 29.2 Å². The van der Waals surface area contributed by atoms with E-state index in [0.29, 0.717) is 24.5 Å². The molecule has 0 aromatic heterocycles. The highest BCUT2D eigenvalue weighted by atomic mass is 16.5. The first kappa shape index (κ1) is 24.8. The standard InChI is InChI=1S/C31H32N2O4/c34-22-24-9-12-27(13-10-24)37-19-5-4-6-23-11-14-28(25-7-2-1-3-8-25)29(20-23)33(31(35)36)30-21-32-17-15-26(30)16-18-32/h1-4,6-14,20,22,26,30H,5,15-19,21H2,(H,35,36)/b6-4+. The highest BCUT2D eigenvalue weighted by Gasteiger charge is 2.40. The third kappa shape index (κ3) is 5.75. The molecule has 37 heavy (non-hydrogen) atoms. The summed E-state index contributed by atoms with van der Waals surface area (Å²) in [5.74, 6) is 1.12. The number of benzene rings is 3. The van der Waals surface area contributed by atoms with Gasteiger partial charge in [0.05, 0.1) is 18.3 Å². The smallest absolute Gasteiger partial charge is 0.412 e. The van der Waals surface area contributed by atoms with Gasteiger partial charge in [0.1, 0.15) is 12.0 Å². The summed E-state index contributed by atoms with van der Waals surface area (Å²) < 4.78 is 5.76. The molecule has 3 fully saturated rings. The van der Waals surface area contributed by atoms with Crippen molar-refractivity contribution in [2.45, 2.75) is 25.3 Å². The first-order valence-corrected chi connectivity index (χ1v) is 12.9. The third-order valence-corrected chi connectivity index (χ3v) is 7.41. The van der Waals surface area contributed by atoms with E-state index in [1.165, 1.54) is 0 Å². The molecule has 0 aliphatic carbocycles. The molecule has 6 heteroatoms. The maximum absolute atomic E-state index is 12.7. The summed E-state index contributed by atoms with van der Waals surface area (Å²) in [5.41, 5.74) is 4.26. The summed E-state index contributed by atoms with van der Waals surface area (Å²) in [6, 6.07) is 23.1. The van der Waals surface area contributed by atoms with Crippen molar-refractivity contribution in [1.29, 1.82) is 0 Å². The van der Waals surface area contributed by atoms with Gasteiger partial charge in [-0.3, -0.25) is 9.69 Å². The first-order valence-electron chi connectivity index (χ1n) is 12.9. The lowest BCUT2D eigenvalue weighted by atomic mass is 9.82. The Morgan fingerprint density at radius 3 is 2.38 bits per heavy atom. The molecule has 0 radical (unpaired) electrons. The molecule has 3 aromatic carbocycles. The zero-order valence-electron chi connectivity index (χ0n) is 20.8. The number of carboxylic acid groups (broad SMARTS) is 1. The van der Waals surface area contributed by atoms with Gasteiger partial charge in [-0.25, -0.2) is 4.79 Å². The van der Waals surface area contributed by atoms with Crippen molar-refractivity contribution >= 4 is 24.1 Å². The fourth-order valence-corrected chi connectivity index (χ4v) is 5.47. The van der Waals surface area contributed by atoms with Gasteiger partial charge in [-0.2, -0.15) is 0 Å². The fraction of sp³-hybridized carbons (Fsp3) is 0.290. The molecule has 1 amide bonds. The summed E-state index contributed by atoms with van der Waals surface area (Å²) in [6.07, 6.45) is 6.78. The number of fused-ring (bicyclic) bond motifs is 3. The molecule has 3 saturated heterocycles. The Morgan fingerprint density at radius 1 is 1.00 bits per heavy atom. The minimum absolute atomic E-state index is 0.0410. The summed E-state index contributed by atoms with van der Waals surface area (Å²) in [4.78, 5) is 27.5. The average molecular weight is 497 g/mol. The predicted octanol–water partition coefficient (Wildman–Crippen LogP) is 6.23. The summed E-state index contributed by atoms with van der Waals surface area (Å²) >= 11 is 0. The Balaban J connectivity index is 1.37. The second-order valence-electron chi connectivity index (χ2n) is 9.73. The maximum Gasteiger partial charge on any atom is 0.412 e. The molecule has 3 aliphatic heterocycles. The number of carbonyl (C=O) groups is 2. The van der Waals surface area contributed by atoms with E-state index in [-0.39, 0.29) is 6.04 Å². The molecular formula is C31H32N2O4. The van der Waals surface area contributed by atoms with Crippen LogP contribution in [0.15, 0.2) is 78.9 Å². The quantitative estimate of drug-likeness (QED) is 0.281. The van der Waals surface area contributed by atoms with E-state index in [9.17, 15) is 14.7 Å². The van der Waals surface area contributed by atoms with Crippen LogP contribution in [0.2, 0.25) is 0 Å². The van der Waals surface area contributed by atoms with Gasteiger partial charge in [-0.05, 0) is 79.7 Å². The molecule has 0 spiro atoms. The summed E-state index contributed by atoms with van der Waals surface area (Å²) in [5, 5.41) is 10.4. The summed E-state index contributed by atoms with van der Waals surface area (Å²) in [6.45, 7) is 3.42. The van der Waals surface area contributed by atoms with E-state index in [2.05, 4.69) is 4.90 Å². The Labute approximate surface area is 217 Å². The largest absolute Gasteiger partial charge is 0.493 e. The van der Waals surface area contributed by atoms with Gasteiger partial charge < -0.3 is 14.7 Å². The van der Waals surface area contributed by atoms with E-state index >= 15 is 0 Å². The van der Waals surface area contributed by atoms with Crippen molar-refractivity contribution < 1.29 is 19.4 Å². The average Bonchev–Trinajstić information content (AvgIpc) is 2.94. The first-order chi connectivity index (χ1) is 18.1. The van der Waals surface area contributed by atoms with Crippen LogP contribution in [-0.4, -0.2) is 54.7 Å². The zero-order valence-corrected chi connectivity index (χ0v) is 20.8. The van der Waals surface area contributed by atoms with Gasteiger partial charge in [0.25, 0.3) is 0 Å². The van der Waals surface area contributed by atoms with Gasteiger partial charge in [-0.1, -0.05) is 54.6 Å². The number of rotatable bonds is 9. The van der Waals surface area contributed by atoms with E-state index in [0.717, 1.165) is 66.9 Å². The van der Waals surface area contributed by atoms with Crippen molar-refractivity contribution in [3.05, 3.63) is 90.0 Å². The lowest BCUT2D eigenvalue weighted by molar-refractivity contribution is 0.0838. The normalized spacial score (nSPS) is 20.6. The molecular weight excluding hydrogens is 464 g/mol. The third-order valence-electron chi connectivity index (χ3n) is 7.41. The predicted molar refractivity (Wildman–Crippen MR) is 146 cm³/mol. The number of amides is 1. The molecule has 6 nitrogen and oxygen atoms in total. The molecule has 1 unspecified atom stereocenters. The SMILES string of the molecule is O=Cc1ccc(OCC/C=C/c2ccc(-c3ccccc3)c(N(C(=O)O)C3CN4CCC3CC4)c2)cc1. The number of hydrogen-bond acceptors (Lipinski definition) is 4. The minimum atomic E-state index is -0.897. The number of aldehydes is 1. The molecule has 0 saturated carbocycles. The van der Waals surface area contributed by atoms with Crippen LogP contribution in [0.5, 0.6) is 5.75 Å². The van der Waals surface area contributed by atoms with Crippen LogP contribution in [0.4, 0.5) is 10.5 Å². The van der Waals surface area contributed by atoms with Crippen molar-refractivity contribution in [3.63, 3.8) is 0 Å². The molecule has 190 valence electrons. The monoisotopic (exact) mass is 496 g/mol. The number of hydrogen-bond donors (Lipinski definition) is 1. The second-order valence-corrected chi connectivity index (χ2v) is 9.73. The molecule has 6 rings (SSSR count). The number of carbonyl (C=O) groups excluding carboxylic acids is 1. The Kier molecular flexibility index (Phi) is 7.66. The Bertz CT molecular complexity index is 1250. The van der Waals surface area contributed by atoms with Gasteiger partial charge in [0.2, 0.25) is 0 Å². The number of nitrogens with zero attached hydrogens (tertiary/aromatic N) is 2. The molecule has 3 aromatic rings. The van der Waals surface area contributed by atoms with Crippen LogP contribution in [0.3, 0.4) is 0 Å². The Morgan fingerprint density at radius 2 is 1.73 bits per heavy atom. The highest BCUT2D eigenvalue weighted by molar-refractivity contribution is 5.94. The zero-order chi connectivity index (χ0) is 25.6. The van der Waals surface area contributed by atoms with Crippen molar-refractivity contribution in [1.82, 2.24) is 4.90 Å². The summed E-state index contributed by atoms with van der Waals surface area (Å²) in [7, 11) is 0. The number of ether oxygens (including phenoxy) is 1. The Hall–Kier alpha value is -3.90. The fourth-order valence-electron chi connectivity index (χ4n) is 5.47. The van der Waals surface area contributed by atoms with Gasteiger partial charge in [-0.15, -0.1) is 0 Å². The molecule has 3 aliphatic rings. The number of anilines is 1. The van der Waals surface area contributed by atoms with Gasteiger partial charge in [0.15, 0.2) is 0 Å². The van der Waals surface area contributed by atoms with Gasteiger partial charge >= 0.3 is 6.09 Å². The van der Waals surface area contributed by atoms with Crippen LogP contribution in [0.1, 0.15) is 35.2 Å². The van der Waals surface area contributed by atoms with E-state index in [4.69, 9.17) is 4.74 Å². The van der Waals surface area contributed by atoms with Crippen LogP contribution >= 0.6 is 0 Å². The molecule has 2 bridgehead atoms. The van der Waals surface area contributed by atoms with Crippen molar-refractivity contribution in [3.8, 4) is 16.9 Å². The maximum atomic E-state index is 12.7. The van der Waals surface area contributed by atoms with Crippen molar-refractivity contribution in [2.75, 3.05) is 31.1 Å².